The zero-order valence-corrected chi connectivity index (χ0v) is 6.41. The van der Waals surface area contributed by atoms with Gasteiger partial charge in [-0.1, -0.05) is 11.1 Å². The first-order chi connectivity index (χ1) is 4.00. The summed E-state index contributed by atoms with van der Waals surface area (Å²) in [5.74, 6) is 7.40. The first kappa shape index (κ1) is 6.00. The van der Waals surface area contributed by atoms with Crippen LogP contribution in [0.15, 0.2) is 11.1 Å². The van der Waals surface area contributed by atoms with E-state index >= 15 is 0 Å². The van der Waals surface area contributed by atoms with E-state index in [9.17, 15) is 0 Å². The summed E-state index contributed by atoms with van der Waals surface area (Å²) < 4.78 is 0. The van der Waals surface area contributed by atoms with Gasteiger partial charge in [0, 0.05) is 27.2 Å². The van der Waals surface area contributed by atoms with Crippen LogP contribution in [0, 0.1) is 35.5 Å². The molecule has 0 bridgehead atoms. The Hall–Kier alpha value is 0.428. The fraction of sp³-hybridized carbons (Fsp3) is 0.750. The van der Waals surface area contributed by atoms with Crippen molar-refractivity contribution < 1.29 is 17.1 Å². The van der Waals surface area contributed by atoms with E-state index in [4.69, 9.17) is 0 Å². The van der Waals surface area contributed by atoms with Crippen LogP contribution in [-0.4, -0.2) is 10.1 Å². The molecule has 4 unspecified atom stereocenters. The maximum Gasteiger partial charge on any atom is 0 e. The summed E-state index contributed by atoms with van der Waals surface area (Å²) in [6.07, 6.45) is 0. The number of allylic oxidation sites excluding steroid dienone is 2. The van der Waals surface area contributed by atoms with E-state index in [1.165, 1.54) is 35.5 Å². The van der Waals surface area contributed by atoms with Gasteiger partial charge in [-0.15, -0.1) is 0 Å². The molecule has 4 saturated carbocycles. The Kier molecular flexibility index (Phi) is 0.674. The molecule has 0 heterocycles. The predicted octanol–water partition coefficient (Wildman–Crippen LogP) is 0.665. The van der Waals surface area contributed by atoms with Crippen molar-refractivity contribution >= 4 is 10.1 Å². The van der Waals surface area contributed by atoms with Crippen molar-refractivity contribution in [2.24, 2.45) is 35.5 Å². The third kappa shape index (κ3) is 0.198. The van der Waals surface area contributed by atoms with Crippen LogP contribution in [0.4, 0.5) is 0 Å². The fourth-order valence-corrected chi connectivity index (χ4v) is 4.46. The molecule has 4 fully saturated rings. The molecule has 51 valence electrons. The van der Waals surface area contributed by atoms with Crippen molar-refractivity contribution in [3.8, 4) is 0 Å². The molecule has 0 amide bonds. The minimum Gasteiger partial charge on any atom is -0.0623 e. The molecule has 0 N–H and O–H groups in total. The second kappa shape index (κ2) is 1.12. The van der Waals surface area contributed by atoms with Crippen LogP contribution in [0.2, 0.25) is 0 Å². The second-order valence-electron chi connectivity index (χ2n) is 4.17. The van der Waals surface area contributed by atoms with Crippen LogP contribution in [-0.2, 0) is 17.1 Å². The summed E-state index contributed by atoms with van der Waals surface area (Å²) in [7, 11) is 0. The maximum atomic E-state index is 1.97. The SMILES string of the molecule is C12=C3C4C1C1C2C3C41.[Be].[Cu]. The molecule has 0 aliphatic heterocycles. The standard InChI is InChI=1S/C8H6.Be.Cu/c1-2-5-3(1)7-4(1)6(2)8(5)7;;/h1-6H;;. The van der Waals surface area contributed by atoms with Gasteiger partial charge in [0.05, 0.1) is 0 Å². The molecule has 2 heteroatoms. The Morgan fingerprint density at radius 3 is 1.10 bits per heavy atom. The predicted molar refractivity (Wildman–Crippen MR) is 33.7 cm³/mol. The van der Waals surface area contributed by atoms with E-state index in [0.717, 1.165) is 0 Å². The van der Waals surface area contributed by atoms with E-state index in [-0.39, 0.29) is 27.2 Å². The third-order valence-corrected chi connectivity index (χ3v) is 4.65. The van der Waals surface area contributed by atoms with Crippen molar-refractivity contribution in [3.05, 3.63) is 11.1 Å². The molecule has 6 aliphatic rings. The molecule has 0 nitrogen and oxygen atoms in total. The van der Waals surface area contributed by atoms with Gasteiger partial charge >= 0.3 is 0 Å². The van der Waals surface area contributed by atoms with Crippen molar-refractivity contribution in [2.45, 2.75) is 0 Å². The smallest absolute Gasteiger partial charge is 0 e. The summed E-state index contributed by atoms with van der Waals surface area (Å²) >= 11 is 0. The minimum atomic E-state index is 0. The molecule has 0 aromatic carbocycles. The molecule has 6 rings (SSSR count). The van der Waals surface area contributed by atoms with Crippen LogP contribution in [0.25, 0.3) is 0 Å². The van der Waals surface area contributed by atoms with E-state index in [2.05, 4.69) is 0 Å². The average Bonchev–Trinajstić information content (AvgIpc) is 1.90. The van der Waals surface area contributed by atoms with Crippen molar-refractivity contribution in [1.29, 1.82) is 0 Å². The zero-order valence-electron chi connectivity index (χ0n) is 5.47. The molecular weight excluding hydrogens is 169 g/mol. The first-order valence-corrected chi connectivity index (χ1v) is 3.74. The Bertz CT molecular complexity index is 231. The van der Waals surface area contributed by atoms with Gasteiger partial charge in [0.25, 0.3) is 0 Å². The summed E-state index contributed by atoms with van der Waals surface area (Å²) in [6, 6.07) is 0. The number of hydrogen-bond acceptors (Lipinski definition) is 0. The van der Waals surface area contributed by atoms with Crippen molar-refractivity contribution in [1.82, 2.24) is 0 Å². The third-order valence-electron chi connectivity index (χ3n) is 4.65. The van der Waals surface area contributed by atoms with Crippen molar-refractivity contribution in [3.63, 3.8) is 0 Å². The number of rotatable bonds is 0. The molecule has 3 radical (unpaired) electrons. The van der Waals surface area contributed by atoms with Crippen LogP contribution in [0.3, 0.4) is 0 Å². The van der Waals surface area contributed by atoms with Gasteiger partial charge in [0.1, 0.15) is 0 Å². The molecule has 0 saturated heterocycles. The Balaban J connectivity index is 0.000000180. The summed E-state index contributed by atoms with van der Waals surface area (Å²) in [5, 5.41) is 0. The van der Waals surface area contributed by atoms with Gasteiger partial charge in [0.15, 0.2) is 0 Å². The maximum absolute atomic E-state index is 1.97. The van der Waals surface area contributed by atoms with Gasteiger partial charge in [-0.25, -0.2) is 0 Å². The fourth-order valence-electron chi connectivity index (χ4n) is 4.46. The average molecular weight is 175 g/mol. The first-order valence-electron chi connectivity index (χ1n) is 3.74. The van der Waals surface area contributed by atoms with Crippen LogP contribution >= 0.6 is 0 Å². The second-order valence-corrected chi connectivity index (χ2v) is 4.17. The van der Waals surface area contributed by atoms with Gasteiger partial charge in [0.2, 0.25) is 0 Å². The summed E-state index contributed by atoms with van der Waals surface area (Å²) in [5.41, 5.74) is 3.93. The molecule has 6 aliphatic carbocycles. The monoisotopic (exact) mass is 174 g/mol. The number of hydrogen-bond donors (Lipinski definition) is 0. The van der Waals surface area contributed by atoms with Gasteiger partial charge < -0.3 is 0 Å². The van der Waals surface area contributed by atoms with E-state index < -0.39 is 0 Å². The molecule has 0 aromatic heterocycles. The summed E-state index contributed by atoms with van der Waals surface area (Å²) in [6.45, 7) is 0. The summed E-state index contributed by atoms with van der Waals surface area (Å²) in [4.78, 5) is 0. The Morgan fingerprint density at radius 2 is 1.00 bits per heavy atom. The molecule has 0 spiro atoms. The largest absolute Gasteiger partial charge is 0.0623 e. The quantitative estimate of drug-likeness (QED) is 0.374. The van der Waals surface area contributed by atoms with Gasteiger partial charge in [-0.2, -0.15) is 0 Å². The van der Waals surface area contributed by atoms with Crippen molar-refractivity contribution in [2.75, 3.05) is 0 Å². The normalized spacial score (nSPS) is 72.0. The molecule has 0 aromatic rings. The topological polar surface area (TPSA) is 0 Å². The Labute approximate surface area is 74.1 Å². The van der Waals surface area contributed by atoms with E-state index in [1.54, 1.807) is 0 Å². The van der Waals surface area contributed by atoms with Crippen LogP contribution < -0.4 is 0 Å². The van der Waals surface area contributed by atoms with Crippen LogP contribution in [0.5, 0.6) is 0 Å². The van der Waals surface area contributed by atoms with E-state index in [0.29, 0.717) is 0 Å². The minimum absolute atomic E-state index is 0. The molecular formula is C8H6BeCu. The van der Waals surface area contributed by atoms with Gasteiger partial charge in [-0.05, 0) is 35.5 Å². The zero-order chi connectivity index (χ0) is 4.62. The molecule has 10 heavy (non-hydrogen) atoms. The molecule has 4 atom stereocenters. The van der Waals surface area contributed by atoms with E-state index in [1.807, 2.05) is 11.1 Å². The van der Waals surface area contributed by atoms with Crippen LogP contribution in [0.1, 0.15) is 0 Å². The Morgan fingerprint density at radius 1 is 0.700 bits per heavy atom. The van der Waals surface area contributed by atoms with Gasteiger partial charge in [-0.3, -0.25) is 0 Å².